The minimum atomic E-state index is -1.03. The molecule has 0 bridgehead atoms. The van der Waals surface area contributed by atoms with Crippen molar-refractivity contribution in [1.29, 1.82) is 0 Å². The number of aryl methyl sites for hydroxylation is 2. The van der Waals surface area contributed by atoms with Crippen LogP contribution in [0.5, 0.6) is 11.6 Å². The first-order chi connectivity index (χ1) is 8.58. The van der Waals surface area contributed by atoms with E-state index in [4.69, 9.17) is 9.84 Å². The zero-order valence-electron chi connectivity index (χ0n) is 10.0. The number of carbonyl (C=O) groups is 1. The highest BCUT2D eigenvalue weighted by atomic mass is 16.5. The van der Waals surface area contributed by atoms with E-state index < -0.39 is 5.97 Å². The van der Waals surface area contributed by atoms with E-state index in [-0.39, 0.29) is 11.3 Å². The Kier molecular flexibility index (Phi) is 3.23. The second-order valence-electron chi connectivity index (χ2n) is 3.85. The van der Waals surface area contributed by atoms with Crippen molar-refractivity contribution in [2.45, 2.75) is 13.8 Å². The summed E-state index contributed by atoms with van der Waals surface area (Å²) in [5.74, 6) is -0.462. The molecular weight excluding hydrogens is 232 g/mol. The Balaban J connectivity index is 2.41. The van der Waals surface area contributed by atoms with E-state index in [1.807, 2.05) is 6.92 Å². The van der Waals surface area contributed by atoms with Gasteiger partial charge >= 0.3 is 5.97 Å². The van der Waals surface area contributed by atoms with Crippen molar-refractivity contribution in [3.8, 4) is 11.6 Å². The molecule has 5 heteroatoms. The first-order valence-corrected chi connectivity index (χ1v) is 5.37. The van der Waals surface area contributed by atoms with Crippen LogP contribution in [0, 0.1) is 13.8 Å². The Morgan fingerprint density at radius 1 is 1.22 bits per heavy atom. The van der Waals surface area contributed by atoms with Gasteiger partial charge in [0.15, 0.2) is 0 Å². The van der Waals surface area contributed by atoms with E-state index >= 15 is 0 Å². The molecular formula is C13H12N2O3. The zero-order valence-corrected chi connectivity index (χ0v) is 10.0. The number of carboxylic acids is 1. The van der Waals surface area contributed by atoms with Crippen molar-refractivity contribution in [2.24, 2.45) is 0 Å². The molecule has 0 aliphatic carbocycles. The maximum atomic E-state index is 11.1. The van der Waals surface area contributed by atoms with Gasteiger partial charge in [-0.15, -0.1) is 0 Å². The Labute approximate surface area is 104 Å². The smallest absolute Gasteiger partial charge is 0.339 e. The van der Waals surface area contributed by atoms with Gasteiger partial charge in [-0.2, -0.15) is 0 Å². The Hall–Kier alpha value is -2.43. The number of hydrogen-bond acceptors (Lipinski definition) is 4. The molecule has 1 aromatic carbocycles. The Bertz CT molecular complexity index is 597. The van der Waals surface area contributed by atoms with Gasteiger partial charge in [0.2, 0.25) is 5.88 Å². The molecule has 0 atom stereocenters. The van der Waals surface area contributed by atoms with Gasteiger partial charge < -0.3 is 9.84 Å². The van der Waals surface area contributed by atoms with E-state index in [9.17, 15) is 4.79 Å². The van der Waals surface area contributed by atoms with Crippen LogP contribution in [0.4, 0.5) is 0 Å². The lowest BCUT2D eigenvalue weighted by molar-refractivity contribution is 0.0694. The summed E-state index contributed by atoms with van der Waals surface area (Å²) in [5, 5.41) is 9.12. The summed E-state index contributed by atoms with van der Waals surface area (Å²) in [5.41, 5.74) is 1.57. The van der Waals surface area contributed by atoms with Crippen molar-refractivity contribution >= 4 is 5.97 Å². The molecule has 0 fully saturated rings. The monoisotopic (exact) mass is 244 g/mol. The molecule has 5 nitrogen and oxygen atoms in total. The highest BCUT2D eigenvalue weighted by Gasteiger charge is 2.13. The van der Waals surface area contributed by atoms with Gasteiger partial charge in [0.25, 0.3) is 0 Å². The summed E-state index contributed by atoms with van der Waals surface area (Å²) < 4.78 is 5.50. The van der Waals surface area contributed by atoms with Gasteiger partial charge in [0.1, 0.15) is 11.3 Å². The van der Waals surface area contributed by atoms with Crippen LogP contribution in [0.3, 0.4) is 0 Å². The molecule has 2 aromatic rings. The largest absolute Gasteiger partial charge is 0.478 e. The summed E-state index contributed by atoms with van der Waals surface area (Å²) in [7, 11) is 0. The number of nitrogens with zero attached hydrogens (tertiary/aromatic N) is 2. The molecule has 1 aromatic heterocycles. The summed E-state index contributed by atoms with van der Waals surface area (Å²) in [6, 6.07) is 4.96. The predicted molar refractivity (Wildman–Crippen MR) is 65.0 cm³/mol. The molecule has 1 N–H and O–H groups in total. The zero-order chi connectivity index (χ0) is 13.1. The number of hydrogen-bond donors (Lipinski definition) is 1. The standard InChI is InChI=1S/C13H12N2O3/c1-8-3-4-11(10(7-8)13(16)17)18-12-9(2)14-5-6-15-12/h3-7H,1-2H3,(H,16,17). The normalized spacial score (nSPS) is 10.1. The first-order valence-electron chi connectivity index (χ1n) is 5.37. The third-order valence-corrected chi connectivity index (χ3v) is 2.41. The number of rotatable bonds is 3. The van der Waals surface area contributed by atoms with Gasteiger partial charge in [-0.3, -0.25) is 4.98 Å². The number of carboxylic acid groups (broad SMARTS) is 1. The number of aromatic nitrogens is 2. The summed E-state index contributed by atoms with van der Waals surface area (Å²) in [6.07, 6.45) is 3.05. The van der Waals surface area contributed by atoms with Crippen LogP contribution in [-0.4, -0.2) is 21.0 Å². The first kappa shape index (κ1) is 12.0. The molecule has 92 valence electrons. The molecule has 0 unspecified atom stereocenters. The van der Waals surface area contributed by atoms with Crippen LogP contribution in [-0.2, 0) is 0 Å². The summed E-state index contributed by atoms with van der Waals surface area (Å²) >= 11 is 0. The van der Waals surface area contributed by atoms with Gasteiger partial charge in [0.05, 0.1) is 5.69 Å². The number of benzene rings is 1. The fourth-order valence-corrected chi connectivity index (χ4v) is 1.50. The average Bonchev–Trinajstić information content (AvgIpc) is 2.34. The van der Waals surface area contributed by atoms with E-state index in [0.29, 0.717) is 11.6 Å². The molecule has 0 radical (unpaired) electrons. The van der Waals surface area contributed by atoms with Crippen LogP contribution in [0.1, 0.15) is 21.6 Å². The Morgan fingerprint density at radius 3 is 2.61 bits per heavy atom. The lowest BCUT2D eigenvalue weighted by Gasteiger charge is -2.09. The van der Waals surface area contributed by atoms with Gasteiger partial charge in [-0.1, -0.05) is 11.6 Å². The topological polar surface area (TPSA) is 72.3 Å². The molecule has 0 saturated carbocycles. The van der Waals surface area contributed by atoms with Gasteiger partial charge in [0, 0.05) is 12.4 Å². The molecule has 0 aliphatic heterocycles. The second-order valence-corrected chi connectivity index (χ2v) is 3.85. The SMILES string of the molecule is Cc1ccc(Oc2nccnc2C)c(C(=O)O)c1. The fourth-order valence-electron chi connectivity index (χ4n) is 1.50. The van der Waals surface area contributed by atoms with Crippen LogP contribution in [0.15, 0.2) is 30.6 Å². The minimum absolute atomic E-state index is 0.111. The third kappa shape index (κ3) is 2.45. The lowest BCUT2D eigenvalue weighted by atomic mass is 10.1. The van der Waals surface area contributed by atoms with Crippen molar-refractivity contribution in [1.82, 2.24) is 9.97 Å². The average molecular weight is 244 g/mol. The molecule has 0 saturated heterocycles. The third-order valence-electron chi connectivity index (χ3n) is 2.41. The number of aromatic carboxylic acids is 1. The van der Waals surface area contributed by atoms with Crippen molar-refractivity contribution in [3.63, 3.8) is 0 Å². The van der Waals surface area contributed by atoms with E-state index in [1.54, 1.807) is 31.3 Å². The van der Waals surface area contributed by atoms with E-state index in [2.05, 4.69) is 9.97 Å². The molecule has 1 heterocycles. The van der Waals surface area contributed by atoms with E-state index in [0.717, 1.165) is 5.56 Å². The highest BCUT2D eigenvalue weighted by molar-refractivity contribution is 5.91. The predicted octanol–water partition coefficient (Wildman–Crippen LogP) is 2.58. The number of ether oxygens (including phenoxy) is 1. The van der Waals surface area contributed by atoms with Crippen molar-refractivity contribution in [3.05, 3.63) is 47.4 Å². The minimum Gasteiger partial charge on any atom is -0.478 e. The van der Waals surface area contributed by atoms with E-state index in [1.165, 1.54) is 6.20 Å². The highest BCUT2D eigenvalue weighted by Crippen LogP contribution is 2.26. The molecule has 0 aliphatic rings. The fraction of sp³-hybridized carbons (Fsp3) is 0.154. The lowest BCUT2D eigenvalue weighted by Crippen LogP contribution is -2.02. The molecule has 2 rings (SSSR count). The maximum Gasteiger partial charge on any atom is 0.339 e. The molecule has 0 spiro atoms. The van der Waals surface area contributed by atoms with Crippen LogP contribution in [0.25, 0.3) is 0 Å². The van der Waals surface area contributed by atoms with Crippen molar-refractivity contribution < 1.29 is 14.6 Å². The Morgan fingerprint density at radius 2 is 1.94 bits per heavy atom. The summed E-state index contributed by atoms with van der Waals surface area (Å²) in [6.45, 7) is 3.57. The van der Waals surface area contributed by atoms with Gasteiger partial charge in [-0.05, 0) is 26.0 Å². The van der Waals surface area contributed by atoms with Crippen LogP contribution >= 0.6 is 0 Å². The quantitative estimate of drug-likeness (QED) is 0.898. The van der Waals surface area contributed by atoms with Crippen LogP contribution in [0.2, 0.25) is 0 Å². The van der Waals surface area contributed by atoms with Crippen molar-refractivity contribution in [2.75, 3.05) is 0 Å². The van der Waals surface area contributed by atoms with Gasteiger partial charge in [-0.25, -0.2) is 9.78 Å². The molecule has 0 amide bonds. The summed E-state index contributed by atoms with van der Waals surface area (Å²) in [4.78, 5) is 19.2. The second kappa shape index (κ2) is 4.83. The van der Waals surface area contributed by atoms with Crippen LogP contribution < -0.4 is 4.74 Å². The molecule has 18 heavy (non-hydrogen) atoms. The maximum absolute atomic E-state index is 11.1.